The maximum atomic E-state index is 14.1. The first kappa shape index (κ1) is 31.1. The molecule has 0 saturated carbocycles. The van der Waals surface area contributed by atoms with Crippen molar-refractivity contribution < 1.29 is 14.3 Å². The number of amides is 1. The third kappa shape index (κ3) is 6.40. The number of hydrogen-bond donors (Lipinski definition) is 1. The molecule has 0 aliphatic carbocycles. The van der Waals surface area contributed by atoms with Gasteiger partial charge in [0.25, 0.3) is 11.5 Å². The number of rotatable bonds is 8. The summed E-state index contributed by atoms with van der Waals surface area (Å²) in [7, 11) is 1.60. The maximum absolute atomic E-state index is 14.1. The van der Waals surface area contributed by atoms with Crippen LogP contribution in [0.2, 0.25) is 5.02 Å². The number of thiazole rings is 1. The van der Waals surface area contributed by atoms with Gasteiger partial charge in [-0.1, -0.05) is 83.1 Å². The number of fused-ring (bicyclic) bond motifs is 1. The molecule has 0 bridgehead atoms. The Hall–Kier alpha value is -4.92. The second-order valence-corrected chi connectivity index (χ2v) is 12.5. The average molecular weight is 650 g/mol. The van der Waals surface area contributed by atoms with Gasteiger partial charge in [-0.25, -0.2) is 4.99 Å². The number of aromatic nitrogens is 1. The molecule has 232 valence electrons. The number of ether oxygens (including phenoxy) is 2. The lowest BCUT2D eigenvalue weighted by Crippen LogP contribution is -2.40. The molecule has 0 spiro atoms. The molecule has 1 atom stereocenters. The Morgan fingerprint density at radius 1 is 0.978 bits per heavy atom. The van der Waals surface area contributed by atoms with Crippen molar-refractivity contribution in [2.45, 2.75) is 33.4 Å². The molecule has 0 unspecified atom stereocenters. The van der Waals surface area contributed by atoms with Gasteiger partial charge in [-0.15, -0.1) is 0 Å². The fourth-order valence-corrected chi connectivity index (χ4v) is 6.72. The van der Waals surface area contributed by atoms with E-state index in [9.17, 15) is 9.59 Å². The van der Waals surface area contributed by atoms with E-state index in [1.165, 1.54) is 11.3 Å². The molecule has 9 heteroatoms. The Labute approximate surface area is 275 Å². The molecule has 1 aromatic heterocycles. The van der Waals surface area contributed by atoms with Crippen LogP contribution in [0, 0.1) is 13.8 Å². The number of carbonyl (C=O) groups is 1. The van der Waals surface area contributed by atoms with E-state index in [-0.39, 0.29) is 11.5 Å². The van der Waals surface area contributed by atoms with Gasteiger partial charge in [0.05, 0.1) is 29.0 Å². The van der Waals surface area contributed by atoms with Crippen LogP contribution in [0.25, 0.3) is 6.08 Å². The van der Waals surface area contributed by atoms with E-state index in [1.54, 1.807) is 11.7 Å². The van der Waals surface area contributed by atoms with Gasteiger partial charge in [-0.2, -0.15) is 0 Å². The SMILES string of the molecule is COc1ccc([C@@H]2C(C(=O)Nc3ccc(C)cc3C)=C(C)N=c3s/c(=C\c4cccc(OCc5ccccc5Cl)c4)c(=O)n32)cc1. The van der Waals surface area contributed by atoms with E-state index >= 15 is 0 Å². The van der Waals surface area contributed by atoms with Gasteiger partial charge in [0.2, 0.25) is 0 Å². The van der Waals surface area contributed by atoms with Crippen LogP contribution in [0.15, 0.2) is 112 Å². The van der Waals surface area contributed by atoms with Crippen molar-refractivity contribution in [3.8, 4) is 11.5 Å². The average Bonchev–Trinajstić information content (AvgIpc) is 3.35. The smallest absolute Gasteiger partial charge is 0.271 e. The summed E-state index contributed by atoms with van der Waals surface area (Å²) in [6, 6.07) is 27.7. The fourth-order valence-electron chi connectivity index (χ4n) is 5.48. The van der Waals surface area contributed by atoms with E-state index in [0.717, 1.165) is 27.8 Å². The van der Waals surface area contributed by atoms with Gasteiger partial charge in [0.1, 0.15) is 18.1 Å². The molecule has 0 radical (unpaired) electrons. The highest BCUT2D eigenvalue weighted by Crippen LogP contribution is 2.32. The Kier molecular flexibility index (Phi) is 8.92. The number of methoxy groups -OCH3 is 1. The lowest BCUT2D eigenvalue weighted by Gasteiger charge is -2.25. The minimum absolute atomic E-state index is 0.240. The van der Waals surface area contributed by atoms with Gasteiger partial charge in [-0.3, -0.25) is 14.2 Å². The number of hydrogen-bond acceptors (Lipinski definition) is 6. The summed E-state index contributed by atoms with van der Waals surface area (Å²) in [5.74, 6) is 1.01. The van der Waals surface area contributed by atoms with Crippen molar-refractivity contribution in [1.29, 1.82) is 0 Å². The zero-order valence-electron chi connectivity index (χ0n) is 25.8. The highest BCUT2D eigenvalue weighted by atomic mass is 35.5. The molecule has 1 N–H and O–H groups in total. The molecule has 1 aliphatic heterocycles. The number of halogens is 1. The number of allylic oxidation sites excluding steroid dienone is 1. The largest absolute Gasteiger partial charge is 0.497 e. The van der Waals surface area contributed by atoms with Crippen LogP contribution in [0.3, 0.4) is 0 Å². The monoisotopic (exact) mass is 649 g/mol. The first-order valence-electron chi connectivity index (χ1n) is 14.7. The predicted octanol–water partition coefficient (Wildman–Crippen LogP) is 6.73. The molecule has 0 saturated heterocycles. The minimum atomic E-state index is -0.694. The summed E-state index contributed by atoms with van der Waals surface area (Å²) in [5.41, 5.74) is 5.91. The molecule has 46 heavy (non-hydrogen) atoms. The fraction of sp³-hybridized carbons (Fsp3) is 0.162. The molecule has 1 aliphatic rings. The second-order valence-electron chi connectivity index (χ2n) is 11.1. The molecule has 6 rings (SSSR count). The van der Waals surface area contributed by atoms with Crippen molar-refractivity contribution in [3.63, 3.8) is 0 Å². The standard InChI is InChI=1S/C37H32ClN3O4S/c1-22-12-17-31(23(2)18-22)40-35(42)33-24(3)39-37-41(34(33)26-13-15-28(44-4)16-14-26)36(43)32(46-37)20-25-8-7-10-29(19-25)45-21-27-9-5-6-11-30(27)38/h5-20,34H,21H2,1-4H3,(H,40,42)/b32-20-/t34-/m1/s1. The minimum Gasteiger partial charge on any atom is -0.497 e. The molecule has 0 fully saturated rings. The van der Waals surface area contributed by atoms with Gasteiger partial charge in [-0.05, 0) is 79.9 Å². The van der Waals surface area contributed by atoms with Crippen LogP contribution in [0.5, 0.6) is 11.5 Å². The highest BCUT2D eigenvalue weighted by molar-refractivity contribution is 7.07. The first-order valence-corrected chi connectivity index (χ1v) is 15.9. The van der Waals surface area contributed by atoms with Crippen molar-refractivity contribution in [1.82, 2.24) is 4.57 Å². The summed E-state index contributed by atoms with van der Waals surface area (Å²) in [6.07, 6.45) is 1.83. The van der Waals surface area contributed by atoms with Gasteiger partial charge in [0, 0.05) is 16.3 Å². The maximum Gasteiger partial charge on any atom is 0.271 e. The normalized spacial score (nSPS) is 14.5. The number of aryl methyl sites for hydroxylation is 2. The Morgan fingerprint density at radius 2 is 1.76 bits per heavy atom. The molecule has 2 heterocycles. The zero-order valence-corrected chi connectivity index (χ0v) is 27.4. The van der Waals surface area contributed by atoms with Crippen molar-refractivity contribution in [2.75, 3.05) is 12.4 Å². The summed E-state index contributed by atoms with van der Waals surface area (Å²) in [4.78, 5) is 33.4. The zero-order chi connectivity index (χ0) is 32.4. The lowest BCUT2D eigenvalue weighted by atomic mass is 9.95. The third-order valence-corrected chi connectivity index (χ3v) is 9.19. The van der Waals surface area contributed by atoms with Crippen LogP contribution >= 0.6 is 22.9 Å². The van der Waals surface area contributed by atoms with E-state index < -0.39 is 6.04 Å². The summed E-state index contributed by atoms with van der Waals surface area (Å²) in [6.45, 7) is 6.09. The second kappa shape index (κ2) is 13.2. The highest BCUT2D eigenvalue weighted by Gasteiger charge is 2.32. The number of nitrogens with zero attached hydrogens (tertiary/aromatic N) is 2. The van der Waals surface area contributed by atoms with E-state index in [4.69, 9.17) is 26.1 Å². The van der Waals surface area contributed by atoms with Crippen LogP contribution in [-0.2, 0) is 11.4 Å². The number of anilines is 1. The van der Waals surface area contributed by atoms with Crippen LogP contribution < -0.4 is 29.7 Å². The van der Waals surface area contributed by atoms with Crippen molar-refractivity contribution in [3.05, 3.63) is 155 Å². The quantitative estimate of drug-likeness (QED) is 0.202. The van der Waals surface area contributed by atoms with Crippen LogP contribution in [0.4, 0.5) is 5.69 Å². The van der Waals surface area contributed by atoms with Crippen molar-refractivity contribution >= 4 is 40.6 Å². The molecule has 7 nitrogen and oxygen atoms in total. The molecule has 5 aromatic rings. The van der Waals surface area contributed by atoms with Crippen LogP contribution in [0.1, 0.15) is 40.8 Å². The summed E-state index contributed by atoms with van der Waals surface area (Å²) < 4.78 is 13.5. The van der Waals surface area contributed by atoms with Crippen molar-refractivity contribution in [2.24, 2.45) is 4.99 Å². The number of nitrogens with one attached hydrogen (secondary N) is 1. The van der Waals surface area contributed by atoms with Gasteiger partial charge < -0.3 is 14.8 Å². The van der Waals surface area contributed by atoms with E-state index in [0.29, 0.717) is 49.4 Å². The molecule has 4 aromatic carbocycles. The predicted molar refractivity (Wildman–Crippen MR) is 184 cm³/mol. The number of carbonyl (C=O) groups excluding carboxylic acids is 1. The lowest BCUT2D eigenvalue weighted by molar-refractivity contribution is -0.113. The Balaban J connectivity index is 1.39. The van der Waals surface area contributed by atoms with Gasteiger partial charge >= 0.3 is 0 Å². The third-order valence-electron chi connectivity index (χ3n) is 7.84. The van der Waals surface area contributed by atoms with Crippen LogP contribution in [-0.4, -0.2) is 17.6 Å². The Bertz CT molecular complexity index is 2170. The summed E-state index contributed by atoms with van der Waals surface area (Å²) >= 11 is 7.58. The van der Waals surface area contributed by atoms with Gasteiger partial charge in [0.15, 0.2) is 4.80 Å². The molecular formula is C37H32ClN3O4S. The Morgan fingerprint density at radius 3 is 2.50 bits per heavy atom. The summed E-state index contributed by atoms with van der Waals surface area (Å²) in [5, 5.41) is 3.71. The number of benzene rings is 4. The molecular weight excluding hydrogens is 618 g/mol. The topological polar surface area (TPSA) is 81.9 Å². The van der Waals surface area contributed by atoms with E-state index in [2.05, 4.69) is 5.32 Å². The van der Waals surface area contributed by atoms with E-state index in [1.807, 2.05) is 118 Å². The molecule has 1 amide bonds. The first-order chi connectivity index (χ1) is 22.2.